The van der Waals surface area contributed by atoms with E-state index in [2.05, 4.69) is 0 Å². The van der Waals surface area contributed by atoms with Crippen LogP contribution in [0.2, 0.25) is 0 Å². The Hall–Kier alpha value is -1.56. The number of hydrogen-bond donors (Lipinski definition) is 2. The van der Waals surface area contributed by atoms with Crippen LogP contribution in [0.25, 0.3) is 0 Å². The van der Waals surface area contributed by atoms with Gasteiger partial charge in [-0.2, -0.15) is 0 Å². The predicted molar refractivity (Wildman–Crippen MR) is 67.1 cm³/mol. The number of rotatable bonds is 3. The van der Waals surface area contributed by atoms with Gasteiger partial charge in [0, 0.05) is 11.3 Å². The lowest BCUT2D eigenvalue weighted by molar-refractivity contribution is 0.0981. The Morgan fingerprint density at radius 3 is 2.41 bits per heavy atom. The van der Waals surface area contributed by atoms with E-state index in [0.717, 1.165) is 5.56 Å². The van der Waals surface area contributed by atoms with Crippen LogP contribution in [0.3, 0.4) is 0 Å². The number of hydrogen-bond acceptors (Lipinski definition) is 4. The van der Waals surface area contributed by atoms with Crippen LogP contribution in [0.15, 0.2) is 18.2 Å². The fraction of sp³-hybridized carbons (Fsp3) is 0.364. The number of benzene rings is 1. The molecule has 0 aliphatic rings. The smallest absolute Gasteiger partial charge is 0.264 e. The summed E-state index contributed by atoms with van der Waals surface area (Å²) >= 11 is 0. The van der Waals surface area contributed by atoms with E-state index in [0.29, 0.717) is 5.69 Å². The summed E-state index contributed by atoms with van der Waals surface area (Å²) in [4.78, 5) is 11.7. The number of nitrogens with one attached hydrogen (secondary N) is 1. The molecule has 3 N–H and O–H groups in total. The largest absolute Gasteiger partial charge is 0.399 e. The number of aryl methyl sites for hydroxylation is 1. The summed E-state index contributed by atoms with van der Waals surface area (Å²) < 4.78 is 25.0. The first kappa shape index (κ1) is 13.5. The molecule has 0 heterocycles. The zero-order valence-corrected chi connectivity index (χ0v) is 10.8. The van der Waals surface area contributed by atoms with Crippen molar-refractivity contribution in [1.29, 1.82) is 0 Å². The normalized spacial score (nSPS) is 11.5. The average Bonchev–Trinajstić information content (AvgIpc) is 2.21. The molecule has 0 aromatic heterocycles. The van der Waals surface area contributed by atoms with Gasteiger partial charge in [0.2, 0.25) is 10.0 Å². The molecule has 0 spiro atoms. The molecule has 0 fully saturated rings. The maximum Gasteiger partial charge on any atom is 0.264 e. The summed E-state index contributed by atoms with van der Waals surface area (Å²) in [6, 6.07) is 4.63. The fourth-order valence-electron chi connectivity index (χ4n) is 1.12. The monoisotopic (exact) mass is 256 g/mol. The molecule has 0 aliphatic carbocycles. The van der Waals surface area contributed by atoms with Gasteiger partial charge in [-0.15, -0.1) is 0 Å². The summed E-state index contributed by atoms with van der Waals surface area (Å²) in [5.41, 5.74) is 7.19. The van der Waals surface area contributed by atoms with Gasteiger partial charge in [0.15, 0.2) is 0 Å². The van der Waals surface area contributed by atoms with Crippen molar-refractivity contribution in [3.63, 3.8) is 0 Å². The summed E-state index contributed by atoms with van der Waals surface area (Å²) in [6.07, 6.45) is 0. The van der Waals surface area contributed by atoms with Crippen molar-refractivity contribution >= 4 is 21.6 Å². The Morgan fingerprint density at radius 2 is 1.94 bits per heavy atom. The first-order chi connectivity index (χ1) is 7.74. The third-order valence-corrected chi connectivity index (χ3v) is 4.10. The minimum Gasteiger partial charge on any atom is -0.399 e. The predicted octanol–water partition coefficient (Wildman–Crippen LogP) is 1.05. The lowest BCUT2D eigenvalue weighted by Gasteiger charge is -2.10. The van der Waals surface area contributed by atoms with Crippen molar-refractivity contribution in [3.8, 4) is 0 Å². The molecule has 1 amide bonds. The molecule has 0 bridgehead atoms. The van der Waals surface area contributed by atoms with Gasteiger partial charge in [0.1, 0.15) is 0 Å². The number of nitrogens with two attached hydrogens (primary N) is 1. The van der Waals surface area contributed by atoms with Crippen LogP contribution in [0, 0.1) is 6.92 Å². The Kier molecular flexibility index (Phi) is 3.77. The van der Waals surface area contributed by atoms with Crippen molar-refractivity contribution in [1.82, 2.24) is 4.72 Å². The maximum absolute atomic E-state index is 11.7. The number of amides is 1. The van der Waals surface area contributed by atoms with E-state index in [1.54, 1.807) is 19.1 Å². The highest BCUT2D eigenvalue weighted by Gasteiger charge is 2.19. The van der Waals surface area contributed by atoms with Crippen LogP contribution in [0.4, 0.5) is 5.69 Å². The maximum atomic E-state index is 11.7. The molecule has 1 rings (SSSR count). The first-order valence-electron chi connectivity index (χ1n) is 5.16. The number of carbonyl (C=O) groups excluding carboxylic acids is 1. The highest BCUT2D eigenvalue weighted by Crippen LogP contribution is 2.13. The Morgan fingerprint density at radius 1 is 1.35 bits per heavy atom. The highest BCUT2D eigenvalue weighted by molar-refractivity contribution is 7.90. The average molecular weight is 256 g/mol. The third-order valence-electron chi connectivity index (χ3n) is 2.39. The second-order valence-corrected chi connectivity index (χ2v) is 6.33. The van der Waals surface area contributed by atoms with Gasteiger partial charge >= 0.3 is 0 Å². The van der Waals surface area contributed by atoms with Gasteiger partial charge in [-0.3, -0.25) is 4.79 Å². The second kappa shape index (κ2) is 4.75. The Bertz CT molecular complexity index is 536. The van der Waals surface area contributed by atoms with E-state index in [9.17, 15) is 13.2 Å². The molecular formula is C11H16N2O3S. The fourth-order valence-corrected chi connectivity index (χ4v) is 1.73. The second-order valence-electron chi connectivity index (χ2n) is 4.10. The molecule has 0 saturated heterocycles. The molecule has 0 radical (unpaired) electrons. The van der Waals surface area contributed by atoms with Gasteiger partial charge < -0.3 is 5.73 Å². The van der Waals surface area contributed by atoms with Crippen molar-refractivity contribution in [2.45, 2.75) is 26.0 Å². The Balaban J connectivity index is 2.95. The molecule has 0 atom stereocenters. The van der Waals surface area contributed by atoms with Crippen LogP contribution >= 0.6 is 0 Å². The van der Waals surface area contributed by atoms with Crippen molar-refractivity contribution < 1.29 is 13.2 Å². The molecule has 0 unspecified atom stereocenters. The molecule has 1 aromatic carbocycles. The summed E-state index contributed by atoms with van der Waals surface area (Å²) in [7, 11) is -3.60. The Labute approximate surface area is 101 Å². The van der Waals surface area contributed by atoms with Crippen LogP contribution < -0.4 is 10.5 Å². The molecule has 94 valence electrons. The van der Waals surface area contributed by atoms with Crippen molar-refractivity contribution in [2.24, 2.45) is 0 Å². The lowest BCUT2D eigenvalue weighted by atomic mass is 10.1. The van der Waals surface area contributed by atoms with Gasteiger partial charge in [-0.05, 0) is 44.5 Å². The van der Waals surface area contributed by atoms with E-state index >= 15 is 0 Å². The number of carbonyl (C=O) groups is 1. The van der Waals surface area contributed by atoms with Crippen LogP contribution in [0.1, 0.15) is 29.8 Å². The minimum atomic E-state index is -3.60. The van der Waals surface area contributed by atoms with Crippen molar-refractivity contribution in [2.75, 3.05) is 5.73 Å². The van der Waals surface area contributed by atoms with E-state index in [1.165, 1.54) is 19.9 Å². The van der Waals surface area contributed by atoms with Crippen LogP contribution in [-0.4, -0.2) is 19.6 Å². The lowest BCUT2D eigenvalue weighted by Crippen LogP contribution is -2.35. The first-order valence-corrected chi connectivity index (χ1v) is 6.71. The van der Waals surface area contributed by atoms with Gasteiger partial charge in [-0.1, -0.05) is 0 Å². The SMILES string of the molecule is Cc1cc(C(=O)NS(=O)(=O)C(C)C)ccc1N. The number of nitrogen functional groups attached to an aromatic ring is 1. The summed E-state index contributed by atoms with van der Waals surface area (Å²) in [5.74, 6) is -0.637. The summed E-state index contributed by atoms with van der Waals surface area (Å²) in [6.45, 7) is 4.76. The van der Waals surface area contributed by atoms with Crippen molar-refractivity contribution in [3.05, 3.63) is 29.3 Å². The number of sulfonamides is 1. The quantitative estimate of drug-likeness (QED) is 0.791. The summed E-state index contributed by atoms with van der Waals surface area (Å²) in [5, 5.41) is -0.652. The molecule has 5 nitrogen and oxygen atoms in total. The van der Waals surface area contributed by atoms with E-state index in [1.807, 2.05) is 4.72 Å². The van der Waals surface area contributed by atoms with Gasteiger partial charge in [0.05, 0.1) is 5.25 Å². The van der Waals surface area contributed by atoms with Gasteiger partial charge in [0.25, 0.3) is 5.91 Å². The molecule has 6 heteroatoms. The molecule has 0 saturated carbocycles. The van der Waals surface area contributed by atoms with E-state index < -0.39 is 21.2 Å². The zero-order chi connectivity index (χ0) is 13.2. The van der Waals surface area contributed by atoms with Gasteiger partial charge in [-0.25, -0.2) is 13.1 Å². The molecule has 0 aliphatic heterocycles. The topological polar surface area (TPSA) is 89.3 Å². The minimum absolute atomic E-state index is 0.279. The zero-order valence-electron chi connectivity index (χ0n) is 10.0. The standard InChI is InChI=1S/C11H16N2O3S/c1-7(2)17(15,16)13-11(14)9-4-5-10(12)8(3)6-9/h4-7H,12H2,1-3H3,(H,13,14). The molecule has 1 aromatic rings. The molecular weight excluding hydrogens is 240 g/mol. The van der Waals surface area contributed by atoms with E-state index in [4.69, 9.17) is 5.73 Å². The van der Waals surface area contributed by atoms with Crippen LogP contribution in [-0.2, 0) is 10.0 Å². The highest BCUT2D eigenvalue weighted by atomic mass is 32.2. The molecule has 17 heavy (non-hydrogen) atoms. The van der Waals surface area contributed by atoms with E-state index in [-0.39, 0.29) is 5.56 Å². The van der Waals surface area contributed by atoms with Crippen LogP contribution in [0.5, 0.6) is 0 Å². The third kappa shape index (κ3) is 3.20. The number of anilines is 1.